The van der Waals surface area contributed by atoms with E-state index in [1.54, 1.807) is 18.2 Å². The Hall–Kier alpha value is -2.73. The second-order valence-electron chi connectivity index (χ2n) is 6.04. The Bertz CT molecular complexity index is 807. The van der Waals surface area contributed by atoms with E-state index in [-0.39, 0.29) is 30.7 Å². The first kappa shape index (κ1) is 20.6. The number of rotatable bonds is 8. The Labute approximate surface area is 163 Å². The average Bonchev–Trinajstić information content (AvgIpc) is 2.64. The third-order valence-electron chi connectivity index (χ3n) is 3.52. The number of halogens is 1. The molecule has 0 saturated carbocycles. The molecule has 1 N–H and O–H groups in total. The molecule has 0 saturated heterocycles. The first-order valence-electron chi connectivity index (χ1n) is 8.41. The van der Waals surface area contributed by atoms with Crippen LogP contribution < -0.4 is 14.8 Å². The molecule has 0 bridgehead atoms. The molecule has 0 heterocycles. The van der Waals surface area contributed by atoms with Crippen molar-refractivity contribution in [2.75, 3.05) is 13.7 Å². The van der Waals surface area contributed by atoms with Gasteiger partial charge in [0.2, 0.25) is 0 Å². The molecule has 27 heavy (non-hydrogen) atoms. The molecule has 144 valence electrons. The molecule has 0 atom stereocenters. The maximum Gasteiger partial charge on any atom is 0.338 e. The summed E-state index contributed by atoms with van der Waals surface area (Å²) in [6.45, 7) is 3.57. The van der Waals surface area contributed by atoms with E-state index in [0.29, 0.717) is 16.5 Å². The Morgan fingerprint density at radius 3 is 2.52 bits per heavy atom. The van der Waals surface area contributed by atoms with Crippen molar-refractivity contribution < 1.29 is 23.8 Å². The van der Waals surface area contributed by atoms with Gasteiger partial charge in [0.15, 0.2) is 18.1 Å². The van der Waals surface area contributed by atoms with Crippen LogP contribution in [0.1, 0.15) is 29.8 Å². The monoisotopic (exact) mass is 391 g/mol. The van der Waals surface area contributed by atoms with E-state index in [1.807, 2.05) is 32.0 Å². The molecular formula is C20H22ClNO5. The summed E-state index contributed by atoms with van der Waals surface area (Å²) in [5, 5.41) is 3.25. The van der Waals surface area contributed by atoms with E-state index in [9.17, 15) is 9.59 Å². The third-order valence-corrected chi connectivity index (χ3v) is 3.89. The molecule has 0 aromatic heterocycles. The highest BCUT2D eigenvalue weighted by Gasteiger charge is 2.14. The van der Waals surface area contributed by atoms with Crippen molar-refractivity contribution >= 4 is 23.5 Å². The molecule has 0 spiro atoms. The van der Waals surface area contributed by atoms with Crippen LogP contribution in [0.25, 0.3) is 0 Å². The van der Waals surface area contributed by atoms with Crippen LogP contribution in [-0.2, 0) is 16.1 Å². The zero-order valence-electron chi connectivity index (χ0n) is 15.5. The number of hydrogen-bond donors (Lipinski definition) is 1. The van der Waals surface area contributed by atoms with Gasteiger partial charge in [-0.25, -0.2) is 4.79 Å². The van der Waals surface area contributed by atoms with Crippen molar-refractivity contribution in [3.8, 4) is 11.5 Å². The van der Waals surface area contributed by atoms with Gasteiger partial charge in [-0.15, -0.1) is 0 Å². The predicted octanol–water partition coefficient (Wildman–Crippen LogP) is 3.61. The van der Waals surface area contributed by atoms with Gasteiger partial charge in [-0.2, -0.15) is 0 Å². The fourth-order valence-corrected chi connectivity index (χ4v) is 2.45. The van der Waals surface area contributed by atoms with Crippen molar-refractivity contribution in [3.63, 3.8) is 0 Å². The maximum atomic E-state index is 12.1. The number of amides is 1. The van der Waals surface area contributed by atoms with Gasteiger partial charge < -0.3 is 19.5 Å². The average molecular weight is 392 g/mol. The van der Waals surface area contributed by atoms with Gasteiger partial charge in [0.05, 0.1) is 12.7 Å². The van der Waals surface area contributed by atoms with Crippen LogP contribution in [0.4, 0.5) is 0 Å². The molecule has 2 rings (SSSR count). The van der Waals surface area contributed by atoms with Gasteiger partial charge in [-0.3, -0.25) is 4.79 Å². The lowest BCUT2D eigenvalue weighted by Gasteiger charge is -2.13. The highest BCUT2D eigenvalue weighted by Crippen LogP contribution is 2.29. The summed E-state index contributed by atoms with van der Waals surface area (Å²) < 4.78 is 16.0. The van der Waals surface area contributed by atoms with Gasteiger partial charge >= 0.3 is 5.97 Å². The third kappa shape index (κ3) is 6.18. The van der Waals surface area contributed by atoms with Crippen LogP contribution in [-0.4, -0.2) is 31.6 Å². The summed E-state index contributed by atoms with van der Waals surface area (Å²) in [6, 6.07) is 12.0. The predicted molar refractivity (Wildman–Crippen MR) is 102 cm³/mol. The number of carbonyl (C=O) groups excluding carboxylic acids is 2. The maximum absolute atomic E-state index is 12.1. The van der Waals surface area contributed by atoms with Crippen molar-refractivity contribution in [3.05, 3.63) is 58.6 Å². The minimum Gasteiger partial charge on any atom is -0.493 e. The number of hydrogen-bond acceptors (Lipinski definition) is 5. The van der Waals surface area contributed by atoms with Crippen molar-refractivity contribution in [1.29, 1.82) is 0 Å². The molecule has 2 aromatic carbocycles. The van der Waals surface area contributed by atoms with E-state index < -0.39 is 5.97 Å². The molecular weight excluding hydrogens is 370 g/mol. The van der Waals surface area contributed by atoms with Crippen LogP contribution in [0.15, 0.2) is 42.5 Å². The van der Waals surface area contributed by atoms with Crippen LogP contribution in [0.5, 0.6) is 11.5 Å². The number of benzene rings is 2. The van der Waals surface area contributed by atoms with Gasteiger partial charge in [0, 0.05) is 16.6 Å². The lowest BCUT2D eigenvalue weighted by atomic mass is 10.2. The quantitative estimate of drug-likeness (QED) is 0.696. The Morgan fingerprint density at radius 1 is 1.11 bits per heavy atom. The number of nitrogens with one attached hydrogen (secondary N) is 1. The summed E-state index contributed by atoms with van der Waals surface area (Å²) in [7, 11) is 1.48. The molecule has 2 aromatic rings. The first-order chi connectivity index (χ1) is 12.9. The molecule has 7 heteroatoms. The minimum atomic E-state index is -0.621. The van der Waals surface area contributed by atoms with Gasteiger partial charge in [-0.05, 0) is 38.1 Å². The van der Waals surface area contributed by atoms with Crippen LogP contribution in [0.3, 0.4) is 0 Å². The second kappa shape index (κ2) is 9.83. The normalized spacial score (nSPS) is 10.4. The molecule has 0 radical (unpaired) electrons. The smallest absolute Gasteiger partial charge is 0.338 e. The standard InChI is InChI=1S/C20H22ClNO5/c1-13(2)22-19(23)12-27-20(24)14-8-9-17(18(10-14)25-3)26-11-15-6-4-5-7-16(15)21/h4-10,13H,11-12H2,1-3H3,(H,22,23). The second-order valence-corrected chi connectivity index (χ2v) is 6.45. The Balaban J connectivity index is 2.01. The van der Waals surface area contributed by atoms with Gasteiger partial charge in [-0.1, -0.05) is 29.8 Å². The zero-order chi connectivity index (χ0) is 19.8. The summed E-state index contributed by atoms with van der Waals surface area (Å²) in [5.74, 6) is -0.135. The van der Waals surface area contributed by atoms with E-state index >= 15 is 0 Å². The SMILES string of the molecule is COc1cc(C(=O)OCC(=O)NC(C)C)ccc1OCc1ccccc1Cl. The zero-order valence-corrected chi connectivity index (χ0v) is 16.2. The van der Waals surface area contributed by atoms with Crippen molar-refractivity contribution in [2.45, 2.75) is 26.5 Å². The van der Waals surface area contributed by atoms with E-state index in [1.165, 1.54) is 13.2 Å². The molecule has 0 aliphatic carbocycles. The van der Waals surface area contributed by atoms with E-state index in [4.69, 9.17) is 25.8 Å². The molecule has 0 aliphatic heterocycles. The van der Waals surface area contributed by atoms with E-state index in [0.717, 1.165) is 5.56 Å². The molecule has 6 nitrogen and oxygen atoms in total. The highest BCUT2D eigenvalue weighted by atomic mass is 35.5. The van der Waals surface area contributed by atoms with Gasteiger partial charge in [0.1, 0.15) is 6.61 Å². The number of ether oxygens (including phenoxy) is 3. The largest absolute Gasteiger partial charge is 0.493 e. The summed E-state index contributed by atoms with van der Waals surface area (Å²) >= 11 is 6.12. The van der Waals surface area contributed by atoms with E-state index in [2.05, 4.69) is 5.32 Å². The fourth-order valence-electron chi connectivity index (χ4n) is 2.26. The summed E-state index contributed by atoms with van der Waals surface area (Å²) in [6.07, 6.45) is 0. The molecule has 1 amide bonds. The minimum absolute atomic E-state index is 0.0224. The van der Waals surface area contributed by atoms with Crippen LogP contribution in [0.2, 0.25) is 5.02 Å². The summed E-state index contributed by atoms with van der Waals surface area (Å²) in [4.78, 5) is 23.7. The number of esters is 1. The van der Waals surface area contributed by atoms with Crippen molar-refractivity contribution in [2.24, 2.45) is 0 Å². The van der Waals surface area contributed by atoms with Gasteiger partial charge in [0.25, 0.3) is 5.91 Å². The summed E-state index contributed by atoms with van der Waals surface area (Å²) in [5.41, 5.74) is 1.09. The number of methoxy groups -OCH3 is 1. The van der Waals surface area contributed by atoms with Crippen molar-refractivity contribution in [1.82, 2.24) is 5.32 Å². The first-order valence-corrected chi connectivity index (χ1v) is 8.79. The fraction of sp³-hybridized carbons (Fsp3) is 0.300. The highest BCUT2D eigenvalue weighted by molar-refractivity contribution is 6.31. The lowest BCUT2D eigenvalue weighted by Crippen LogP contribution is -2.33. The Kier molecular flexibility index (Phi) is 7.49. The molecule has 0 unspecified atom stereocenters. The lowest BCUT2D eigenvalue weighted by molar-refractivity contribution is -0.124. The topological polar surface area (TPSA) is 73.9 Å². The molecule has 0 aliphatic rings. The van der Waals surface area contributed by atoms with Crippen LogP contribution in [0, 0.1) is 0 Å². The number of carbonyl (C=O) groups is 2. The molecule has 0 fully saturated rings. The van der Waals surface area contributed by atoms with Crippen LogP contribution >= 0.6 is 11.6 Å². The Morgan fingerprint density at radius 2 is 1.85 bits per heavy atom.